The van der Waals surface area contributed by atoms with E-state index in [1.165, 1.54) is 4.90 Å². The minimum Gasteiger partial charge on any atom is -0.444 e. The molecule has 0 aliphatic heterocycles. The first-order chi connectivity index (χ1) is 13.5. The van der Waals surface area contributed by atoms with Gasteiger partial charge >= 0.3 is 6.09 Å². The average molecular weight is 394 g/mol. The van der Waals surface area contributed by atoms with Crippen molar-refractivity contribution in [1.29, 1.82) is 0 Å². The van der Waals surface area contributed by atoms with Crippen molar-refractivity contribution in [3.63, 3.8) is 0 Å². The molecular weight excluding hydrogens is 374 g/mol. The number of halogens is 1. The largest absolute Gasteiger partial charge is 0.444 e. The van der Waals surface area contributed by atoms with Crippen LogP contribution in [0.25, 0.3) is 0 Å². The second kappa shape index (κ2) is 8.72. The lowest BCUT2D eigenvalue weighted by Crippen LogP contribution is -2.27. The highest BCUT2D eigenvalue weighted by Crippen LogP contribution is 2.22. The zero-order valence-electron chi connectivity index (χ0n) is 15.7. The van der Waals surface area contributed by atoms with Crippen molar-refractivity contribution in [2.24, 2.45) is 0 Å². The number of carbonyl (C=O) groups excluding carboxylic acids is 2. The fourth-order valence-corrected chi connectivity index (χ4v) is 3.08. The molecule has 0 saturated carbocycles. The summed E-state index contributed by atoms with van der Waals surface area (Å²) >= 11 is 6.09. The maximum atomic E-state index is 12.9. The summed E-state index contributed by atoms with van der Waals surface area (Å²) in [4.78, 5) is 26.8. The summed E-state index contributed by atoms with van der Waals surface area (Å²) in [5.41, 5.74) is 3.31. The Morgan fingerprint density at radius 3 is 2.36 bits per heavy atom. The number of carbonyl (C=O) groups is 2. The first-order valence-electron chi connectivity index (χ1n) is 8.81. The monoisotopic (exact) mass is 393 g/mol. The predicted molar refractivity (Wildman–Crippen MR) is 111 cm³/mol. The van der Waals surface area contributed by atoms with Gasteiger partial charge in [0.1, 0.15) is 6.61 Å². The van der Waals surface area contributed by atoms with Gasteiger partial charge in [-0.25, -0.2) is 4.79 Å². The highest BCUT2D eigenvalue weighted by molar-refractivity contribution is 6.31. The maximum absolute atomic E-state index is 12.9. The van der Waals surface area contributed by atoms with Crippen molar-refractivity contribution in [2.45, 2.75) is 13.5 Å². The molecule has 0 bridgehead atoms. The number of rotatable bonds is 5. The average Bonchev–Trinajstić information content (AvgIpc) is 2.72. The normalized spacial score (nSPS) is 10.4. The molecule has 0 saturated heterocycles. The number of nitrogens with zero attached hydrogens (tertiary/aromatic N) is 1. The lowest BCUT2D eigenvalue weighted by Gasteiger charge is -2.19. The summed E-state index contributed by atoms with van der Waals surface area (Å²) in [5, 5.41) is 0.450. The lowest BCUT2D eigenvalue weighted by molar-refractivity contribution is 0.103. The molecule has 0 radical (unpaired) electrons. The van der Waals surface area contributed by atoms with Gasteiger partial charge in [-0.2, -0.15) is 0 Å². The maximum Gasteiger partial charge on any atom is 0.414 e. The van der Waals surface area contributed by atoms with Crippen molar-refractivity contribution in [3.8, 4) is 0 Å². The Kier molecular flexibility index (Phi) is 6.12. The van der Waals surface area contributed by atoms with Gasteiger partial charge < -0.3 is 4.74 Å². The zero-order chi connectivity index (χ0) is 20.1. The molecule has 0 aliphatic rings. The van der Waals surface area contributed by atoms with Crippen molar-refractivity contribution in [1.82, 2.24) is 0 Å². The van der Waals surface area contributed by atoms with Gasteiger partial charge in [0.25, 0.3) is 0 Å². The molecule has 1 amide bonds. The molecule has 0 atom stereocenters. The Morgan fingerprint density at radius 1 is 0.964 bits per heavy atom. The van der Waals surface area contributed by atoms with E-state index < -0.39 is 6.09 Å². The molecule has 0 aromatic heterocycles. The SMILES string of the molecule is Cc1ccccc1N(C)C(=O)OCc1ccc(Cl)cc1C(=O)c1ccccc1. The van der Waals surface area contributed by atoms with Crippen molar-refractivity contribution >= 4 is 29.2 Å². The summed E-state index contributed by atoms with van der Waals surface area (Å²) in [6.45, 7) is 1.90. The molecule has 0 fully saturated rings. The van der Waals surface area contributed by atoms with E-state index in [0.717, 1.165) is 11.3 Å². The molecule has 0 N–H and O–H groups in total. The van der Waals surface area contributed by atoms with Crippen molar-refractivity contribution < 1.29 is 14.3 Å². The van der Waals surface area contributed by atoms with Gasteiger partial charge in [0.15, 0.2) is 5.78 Å². The second-order valence-electron chi connectivity index (χ2n) is 6.40. The fourth-order valence-electron chi connectivity index (χ4n) is 2.91. The Bertz CT molecular complexity index is 1000. The third kappa shape index (κ3) is 4.41. The van der Waals surface area contributed by atoms with Gasteiger partial charge in [-0.05, 0) is 30.7 Å². The summed E-state index contributed by atoms with van der Waals surface area (Å²) in [7, 11) is 1.66. The number of hydrogen-bond donors (Lipinski definition) is 0. The summed E-state index contributed by atoms with van der Waals surface area (Å²) in [6, 6.07) is 21.5. The van der Waals surface area contributed by atoms with Crippen LogP contribution < -0.4 is 4.90 Å². The number of aryl methyl sites for hydroxylation is 1. The number of ether oxygens (including phenoxy) is 1. The molecular formula is C23H20ClNO3. The van der Waals surface area contributed by atoms with Crippen molar-refractivity contribution in [3.05, 3.63) is 100 Å². The molecule has 3 rings (SSSR count). The van der Waals surface area contributed by atoms with E-state index in [1.807, 2.05) is 37.3 Å². The van der Waals surface area contributed by atoms with Crippen LogP contribution in [0.1, 0.15) is 27.0 Å². The summed E-state index contributed by atoms with van der Waals surface area (Å²) in [6.07, 6.45) is -0.498. The van der Waals surface area contributed by atoms with E-state index in [0.29, 0.717) is 21.7 Å². The Balaban J connectivity index is 1.79. The number of hydrogen-bond acceptors (Lipinski definition) is 3. The van der Waals surface area contributed by atoms with Crippen LogP contribution in [0.2, 0.25) is 5.02 Å². The smallest absolute Gasteiger partial charge is 0.414 e. The quantitative estimate of drug-likeness (QED) is 0.526. The molecule has 3 aromatic carbocycles. The highest BCUT2D eigenvalue weighted by Gasteiger charge is 2.18. The lowest BCUT2D eigenvalue weighted by atomic mass is 9.99. The van der Waals surface area contributed by atoms with Crippen LogP contribution in [-0.4, -0.2) is 18.9 Å². The van der Waals surface area contributed by atoms with Crippen LogP contribution >= 0.6 is 11.6 Å². The van der Waals surface area contributed by atoms with E-state index in [2.05, 4.69) is 0 Å². The number of amides is 1. The number of anilines is 1. The van der Waals surface area contributed by atoms with Gasteiger partial charge in [-0.15, -0.1) is 0 Å². The Labute approximate surface area is 169 Å². The van der Waals surface area contributed by atoms with Gasteiger partial charge in [0.05, 0.1) is 0 Å². The van der Waals surface area contributed by atoms with Gasteiger partial charge in [-0.3, -0.25) is 9.69 Å². The summed E-state index contributed by atoms with van der Waals surface area (Å²) < 4.78 is 5.46. The molecule has 142 valence electrons. The Hall–Kier alpha value is -3.11. The first-order valence-corrected chi connectivity index (χ1v) is 9.19. The van der Waals surface area contributed by atoms with E-state index in [4.69, 9.17) is 16.3 Å². The van der Waals surface area contributed by atoms with Gasteiger partial charge in [-0.1, -0.05) is 66.2 Å². The van der Waals surface area contributed by atoms with Crippen molar-refractivity contribution in [2.75, 3.05) is 11.9 Å². The minimum absolute atomic E-state index is 0.0276. The third-order valence-corrected chi connectivity index (χ3v) is 4.69. The molecule has 0 unspecified atom stereocenters. The van der Waals surface area contributed by atoms with Crippen LogP contribution in [-0.2, 0) is 11.3 Å². The summed E-state index contributed by atoms with van der Waals surface area (Å²) in [5.74, 6) is -0.165. The molecule has 0 heterocycles. The fraction of sp³-hybridized carbons (Fsp3) is 0.130. The predicted octanol–water partition coefficient (Wildman–Crippen LogP) is 5.65. The zero-order valence-corrected chi connectivity index (χ0v) is 16.4. The van der Waals surface area contributed by atoms with Gasteiger partial charge in [0, 0.05) is 34.4 Å². The van der Waals surface area contributed by atoms with E-state index >= 15 is 0 Å². The standard InChI is InChI=1S/C23H20ClNO3/c1-16-8-6-7-11-21(16)25(2)23(27)28-15-18-12-13-19(24)14-20(18)22(26)17-9-4-3-5-10-17/h3-14H,15H2,1-2H3. The molecule has 3 aromatic rings. The van der Waals surface area contributed by atoms with E-state index in [-0.39, 0.29) is 12.4 Å². The number of ketones is 1. The number of para-hydroxylation sites is 1. The second-order valence-corrected chi connectivity index (χ2v) is 6.83. The minimum atomic E-state index is -0.498. The van der Waals surface area contributed by atoms with Gasteiger partial charge in [0.2, 0.25) is 0 Å². The molecule has 4 nitrogen and oxygen atoms in total. The first kappa shape index (κ1) is 19.6. The topological polar surface area (TPSA) is 46.6 Å². The third-order valence-electron chi connectivity index (χ3n) is 4.45. The van der Waals surface area contributed by atoms with Crippen LogP contribution in [0.15, 0.2) is 72.8 Å². The Morgan fingerprint density at radius 2 is 1.64 bits per heavy atom. The van der Waals surface area contributed by atoms with Crippen LogP contribution in [0.3, 0.4) is 0 Å². The molecule has 0 spiro atoms. The van der Waals surface area contributed by atoms with Crippen LogP contribution in [0.4, 0.5) is 10.5 Å². The van der Waals surface area contributed by atoms with Crippen LogP contribution in [0.5, 0.6) is 0 Å². The van der Waals surface area contributed by atoms with E-state index in [1.54, 1.807) is 49.5 Å². The molecule has 28 heavy (non-hydrogen) atoms. The number of benzene rings is 3. The van der Waals surface area contributed by atoms with Crippen LogP contribution in [0, 0.1) is 6.92 Å². The molecule has 5 heteroatoms. The highest BCUT2D eigenvalue weighted by atomic mass is 35.5. The molecule has 0 aliphatic carbocycles. The van der Waals surface area contributed by atoms with E-state index in [9.17, 15) is 9.59 Å².